The quantitative estimate of drug-likeness (QED) is 0.736. The Kier molecular flexibility index (Phi) is 8.02. The van der Waals surface area contributed by atoms with Crippen LogP contribution in [0.3, 0.4) is 0 Å². The van der Waals surface area contributed by atoms with Gasteiger partial charge in [0.25, 0.3) is 0 Å². The number of sulfonamides is 1. The van der Waals surface area contributed by atoms with Crippen LogP contribution in [-0.4, -0.2) is 38.0 Å². The smallest absolute Gasteiger partial charge is 0.221 e. The van der Waals surface area contributed by atoms with E-state index in [1.54, 1.807) is 6.07 Å². The number of rotatable bonds is 9. The Bertz CT molecular complexity index is 618. The fourth-order valence-corrected chi connectivity index (χ4v) is 3.06. The molecule has 0 radical (unpaired) electrons. The van der Waals surface area contributed by atoms with Gasteiger partial charge in [0.05, 0.1) is 6.26 Å². The summed E-state index contributed by atoms with van der Waals surface area (Å²) in [5.74, 6) is 0.219. The average Bonchev–Trinajstić information content (AvgIpc) is 2.44. The number of nitrogens with zero attached hydrogens (tertiary/aromatic N) is 1. The monoisotopic (exact) mass is 360 g/mol. The van der Waals surface area contributed by atoms with E-state index < -0.39 is 10.0 Å². The number of hydrogen-bond donors (Lipinski definition) is 1. The van der Waals surface area contributed by atoms with Crippen LogP contribution in [0.5, 0.6) is 0 Å². The number of carbonyl (C=O) groups excluding carboxylic acids is 1. The van der Waals surface area contributed by atoms with Crippen molar-refractivity contribution in [2.75, 3.05) is 19.3 Å². The Hall–Kier alpha value is -1.11. The molecule has 0 atom stereocenters. The maximum atomic E-state index is 11.9. The van der Waals surface area contributed by atoms with Crippen molar-refractivity contribution in [2.24, 2.45) is 5.92 Å². The third kappa shape index (κ3) is 7.81. The van der Waals surface area contributed by atoms with Crippen LogP contribution < -0.4 is 5.32 Å². The van der Waals surface area contributed by atoms with Crippen LogP contribution in [0.15, 0.2) is 24.3 Å². The predicted molar refractivity (Wildman–Crippen MR) is 93.8 cm³/mol. The number of carbonyl (C=O) groups is 1. The van der Waals surface area contributed by atoms with Gasteiger partial charge >= 0.3 is 0 Å². The van der Waals surface area contributed by atoms with Crippen molar-refractivity contribution in [3.63, 3.8) is 0 Å². The van der Waals surface area contributed by atoms with Crippen molar-refractivity contribution >= 4 is 27.5 Å². The molecule has 0 saturated heterocycles. The second-order valence-corrected chi connectivity index (χ2v) is 8.35. The summed E-state index contributed by atoms with van der Waals surface area (Å²) >= 11 is 6.03. The third-order valence-electron chi connectivity index (χ3n) is 3.45. The van der Waals surface area contributed by atoms with Crippen LogP contribution in [0, 0.1) is 5.92 Å². The van der Waals surface area contributed by atoms with Crippen molar-refractivity contribution in [2.45, 2.75) is 33.2 Å². The van der Waals surface area contributed by atoms with Gasteiger partial charge in [-0.15, -0.1) is 0 Å². The number of benzene rings is 1. The van der Waals surface area contributed by atoms with Gasteiger partial charge in [-0.2, -0.15) is 0 Å². The van der Waals surface area contributed by atoms with Gasteiger partial charge in [-0.3, -0.25) is 4.79 Å². The molecule has 130 valence electrons. The lowest BCUT2D eigenvalue weighted by molar-refractivity contribution is -0.121. The summed E-state index contributed by atoms with van der Waals surface area (Å²) in [6.07, 6.45) is 2.08. The van der Waals surface area contributed by atoms with Gasteiger partial charge in [0.1, 0.15) is 0 Å². The molecule has 0 aliphatic heterocycles. The summed E-state index contributed by atoms with van der Waals surface area (Å²) in [5.41, 5.74) is 0.835. The lowest BCUT2D eigenvalue weighted by Gasteiger charge is -2.20. The highest BCUT2D eigenvalue weighted by Crippen LogP contribution is 2.14. The fourth-order valence-electron chi connectivity index (χ4n) is 2.00. The molecule has 0 aromatic heterocycles. The minimum absolute atomic E-state index is 0.135. The molecule has 5 nitrogen and oxygen atoms in total. The molecule has 23 heavy (non-hydrogen) atoms. The maximum absolute atomic E-state index is 11.9. The minimum atomic E-state index is -3.30. The highest BCUT2D eigenvalue weighted by Gasteiger charge is 2.18. The molecular weight excluding hydrogens is 336 g/mol. The Morgan fingerprint density at radius 2 is 1.91 bits per heavy atom. The zero-order chi connectivity index (χ0) is 17.5. The summed E-state index contributed by atoms with van der Waals surface area (Å²) < 4.78 is 24.9. The van der Waals surface area contributed by atoms with Crippen LogP contribution in [-0.2, 0) is 21.4 Å². The average molecular weight is 361 g/mol. The first-order valence-corrected chi connectivity index (χ1v) is 9.88. The van der Waals surface area contributed by atoms with Gasteiger partial charge in [0, 0.05) is 31.1 Å². The first-order valence-electron chi connectivity index (χ1n) is 7.65. The number of amides is 1. The van der Waals surface area contributed by atoms with Gasteiger partial charge in [0.15, 0.2) is 0 Å². The summed E-state index contributed by atoms with van der Waals surface area (Å²) in [7, 11) is -3.30. The van der Waals surface area contributed by atoms with Crippen molar-refractivity contribution in [3.05, 3.63) is 34.9 Å². The maximum Gasteiger partial charge on any atom is 0.221 e. The Balaban J connectivity index is 2.47. The van der Waals surface area contributed by atoms with Crippen molar-refractivity contribution in [1.82, 2.24) is 9.62 Å². The van der Waals surface area contributed by atoms with E-state index in [9.17, 15) is 13.2 Å². The lowest BCUT2D eigenvalue weighted by Crippen LogP contribution is -2.35. The number of hydrogen-bond acceptors (Lipinski definition) is 3. The standard InChI is InChI=1S/C16H25ClN2O3S/c1-13(2)8-10-19(23(3,21)22)11-9-16(20)18-12-14-6-4-5-7-15(14)17/h4-7,13H,8-12H2,1-3H3,(H,18,20). The number of nitrogens with one attached hydrogen (secondary N) is 1. The summed E-state index contributed by atoms with van der Waals surface area (Å²) in [4.78, 5) is 11.9. The van der Waals surface area contributed by atoms with E-state index in [0.29, 0.717) is 24.0 Å². The van der Waals surface area contributed by atoms with Crippen LogP contribution in [0.1, 0.15) is 32.3 Å². The van der Waals surface area contributed by atoms with E-state index in [4.69, 9.17) is 11.6 Å². The number of halogens is 1. The zero-order valence-electron chi connectivity index (χ0n) is 13.9. The van der Waals surface area contributed by atoms with Gasteiger partial charge in [-0.05, 0) is 24.0 Å². The SMILES string of the molecule is CC(C)CCN(CCC(=O)NCc1ccccc1Cl)S(C)(=O)=O. The summed E-state index contributed by atoms with van der Waals surface area (Å²) in [5, 5.41) is 3.37. The van der Waals surface area contributed by atoms with E-state index in [1.807, 2.05) is 32.0 Å². The van der Waals surface area contributed by atoms with E-state index >= 15 is 0 Å². The summed E-state index contributed by atoms with van der Waals surface area (Å²) in [6.45, 7) is 5.05. The summed E-state index contributed by atoms with van der Waals surface area (Å²) in [6, 6.07) is 7.28. The van der Waals surface area contributed by atoms with Crippen LogP contribution in [0.2, 0.25) is 5.02 Å². The van der Waals surface area contributed by atoms with Crippen LogP contribution in [0.4, 0.5) is 0 Å². The molecule has 0 fully saturated rings. The van der Waals surface area contributed by atoms with Crippen molar-refractivity contribution in [1.29, 1.82) is 0 Å². The first kappa shape index (κ1) is 19.9. The van der Waals surface area contributed by atoms with Crippen LogP contribution in [0.25, 0.3) is 0 Å². The molecule has 1 rings (SSSR count). The molecule has 0 aliphatic carbocycles. The third-order valence-corrected chi connectivity index (χ3v) is 5.12. The van der Waals surface area contributed by atoms with Gasteiger partial charge in [-0.1, -0.05) is 43.6 Å². The van der Waals surface area contributed by atoms with Crippen molar-refractivity contribution in [3.8, 4) is 0 Å². The molecule has 0 aliphatic rings. The van der Waals surface area contributed by atoms with Gasteiger partial charge in [-0.25, -0.2) is 12.7 Å². The van der Waals surface area contributed by atoms with Gasteiger partial charge < -0.3 is 5.32 Å². The second-order valence-electron chi connectivity index (χ2n) is 5.96. The molecule has 7 heteroatoms. The molecule has 0 bridgehead atoms. The van der Waals surface area contributed by atoms with E-state index in [0.717, 1.165) is 12.0 Å². The first-order chi connectivity index (χ1) is 10.7. The normalized spacial score (nSPS) is 11.9. The lowest BCUT2D eigenvalue weighted by atomic mass is 10.1. The molecule has 0 spiro atoms. The molecular formula is C16H25ClN2O3S. The second kappa shape index (κ2) is 9.25. The van der Waals surface area contributed by atoms with E-state index in [-0.39, 0.29) is 18.9 Å². The van der Waals surface area contributed by atoms with E-state index in [1.165, 1.54) is 10.6 Å². The Labute approximate surface area is 144 Å². The zero-order valence-corrected chi connectivity index (χ0v) is 15.5. The van der Waals surface area contributed by atoms with Crippen molar-refractivity contribution < 1.29 is 13.2 Å². The van der Waals surface area contributed by atoms with Gasteiger partial charge in [0.2, 0.25) is 15.9 Å². The largest absolute Gasteiger partial charge is 0.352 e. The Morgan fingerprint density at radius 1 is 1.26 bits per heavy atom. The molecule has 0 heterocycles. The highest BCUT2D eigenvalue weighted by atomic mass is 35.5. The highest BCUT2D eigenvalue weighted by molar-refractivity contribution is 7.88. The topological polar surface area (TPSA) is 66.5 Å². The molecule has 0 unspecified atom stereocenters. The molecule has 1 N–H and O–H groups in total. The predicted octanol–water partition coefficient (Wildman–Crippen LogP) is 2.65. The molecule has 1 aromatic rings. The molecule has 1 amide bonds. The molecule has 0 saturated carbocycles. The Morgan fingerprint density at radius 3 is 2.48 bits per heavy atom. The fraction of sp³-hybridized carbons (Fsp3) is 0.562. The van der Waals surface area contributed by atoms with Crippen LogP contribution >= 0.6 is 11.6 Å². The molecule has 1 aromatic carbocycles. The van der Waals surface area contributed by atoms with E-state index in [2.05, 4.69) is 5.32 Å². The minimum Gasteiger partial charge on any atom is -0.352 e.